The molecule has 0 bridgehead atoms. The van der Waals surface area contributed by atoms with Gasteiger partial charge in [-0.05, 0) is 43.5 Å². The Morgan fingerprint density at radius 1 is 1.19 bits per heavy atom. The lowest BCUT2D eigenvalue weighted by molar-refractivity contribution is -0.123. The summed E-state index contributed by atoms with van der Waals surface area (Å²) >= 11 is 0. The highest BCUT2D eigenvalue weighted by Crippen LogP contribution is 2.23. The third-order valence-electron chi connectivity index (χ3n) is 4.69. The standard InChI is InChI=1S/C21H27N3O2/c1-24(14-18-9-6-12-22-13-18)15-21(25)23-19-10-5-11-20(19)26-16-17-7-3-2-4-8-17/h2-4,6-9,12-13,19-20H,5,10-11,14-16H2,1H3,(H,23,25)/t19-,20-/m1/s1. The molecule has 138 valence electrons. The van der Waals surface area contributed by atoms with E-state index in [4.69, 9.17) is 4.74 Å². The van der Waals surface area contributed by atoms with Crippen molar-refractivity contribution in [1.29, 1.82) is 0 Å². The average Bonchev–Trinajstić information content (AvgIpc) is 3.08. The number of ether oxygens (including phenoxy) is 1. The quantitative estimate of drug-likeness (QED) is 0.793. The second kappa shape index (κ2) is 9.46. The van der Waals surface area contributed by atoms with Crippen LogP contribution in [0.4, 0.5) is 0 Å². The molecule has 1 saturated carbocycles. The van der Waals surface area contributed by atoms with Gasteiger partial charge >= 0.3 is 0 Å². The van der Waals surface area contributed by atoms with Gasteiger partial charge in [0, 0.05) is 18.9 Å². The number of aromatic nitrogens is 1. The normalized spacial score (nSPS) is 19.6. The maximum Gasteiger partial charge on any atom is 0.234 e. The van der Waals surface area contributed by atoms with Crippen molar-refractivity contribution in [3.63, 3.8) is 0 Å². The second-order valence-corrected chi connectivity index (χ2v) is 6.97. The maximum atomic E-state index is 12.4. The van der Waals surface area contributed by atoms with E-state index in [1.54, 1.807) is 6.20 Å². The van der Waals surface area contributed by atoms with Gasteiger partial charge in [-0.1, -0.05) is 36.4 Å². The largest absolute Gasteiger partial charge is 0.371 e. The van der Waals surface area contributed by atoms with Crippen molar-refractivity contribution in [2.24, 2.45) is 0 Å². The molecule has 0 radical (unpaired) electrons. The zero-order valence-electron chi connectivity index (χ0n) is 15.3. The fourth-order valence-electron chi connectivity index (χ4n) is 3.42. The van der Waals surface area contributed by atoms with Gasteiger partial charge in [-0.25, -0.2) is 0 Å². The molecule has 0 aliphatic heterocycles. The molecule has 0 spiro atoms. The van der Waals surface area contributed by atoms with Crippen molar-refractivity contribution < 1.29 is 9.53 Å². The highest BCUT2D eigenvalue weighted by atomic mass is 16.5. The molecule has 1 fully saturated rings. The van der Waals surface area contributed by atoms with Crippen molar-refractivity contribution in [1.82, 2.24) is 15.2 Å². The van der Waals surface area contributed by atoms with Crippen LogP contribution in [0.25, 0.3) is 0 Å². The molecule has 0 unspecified atom stereocenters. The third kappa shape index (κ3) is 5.64. The number of carbonyl (C=O) groups excluding carboxylic acids is 1. The molecule has 1 N–H and O–H groups in total. The Hall–Kier alpha value is -2.24. The minimum atomic E-state index is 0.0524. The Morgan fingerprint density at radius 2 is 2.00 bits per heavy atom. The predicted octanol–water partition coefficient (Wildman–Crippen LogP) is 2.77. The Labute approximate surface area is 155 Å². The van der Waals surface area contributed by atoms with Crippen molar-refractivity contribution in [2.75, 3.05) is 13.6 Å². The second-order valence-electron chi connectivity index (χ2n) is 6.97. The minimum absolute atomic E-state index is 0.0524. The lowest BCUT2D eigenvalue weighted by atomic mass is 10.2. The van der Waals surface area contributed by atoms with Gasteiger partial charge in [-0.2, -0.15) is 0 Å². The molecule has 0 saturated heterocycles. The number of hydrogen-bond donors (Lipinski definition) is 1. The van der Waals surface area contributed by atoms with Crippen molar-refractivity contribution in [2.45, 2.75) is 44.6 Å². The van der Waals surface area contributed by atoms with Crippen molar-refractivity contribution >= 4 is 5.91 Å². The van der Waals surface area contributed by atoms with Gasteiger partial charge in [0.1, 0.15) is 0 Å². The van der Waals surface area contributed by atoms with E-state index >= 15 is 0 Å². The highest BCUT2D eigenvalue weighted by molar-refractivity contribution is 5.78. The molecule has 5 heteroatoms. The predicted molar refractivity (Wildman–Crippen MR) is 101 cm³/mol. The van der Waals surface area contributed by atoms with E-state index in [1.165, 1.54) is 5.56 Å². The number of nitrogens with zero attached hydrogens (tertiary/aromatic N) is 2. The van der Waals surface area contributed by atoms with Crippen molar-refractivity contribution in [3.8, 4) is 0 Å². The zero-order valence-corrected chi connectivity index (χ0v) is 15.3. The molecule has 3 rings (SSSR count). The molecule has 2 atom stereocenters. The van der Waals surface area contributed by atoms with Crippen LogP contribution in [0.5, 0.6) is 0 Å². The van der Waals surface area contributed by atoms with Gasteiger partial charge in [-0.3, -0.25) is 14.7 Å². The lowest BCUT2D eigenvalue weighted by Crippen LogP contribution is -2.44. The van der Waals surface area contributed by atoms with Gasteiger partial charge in [0.05, 0.1) is 25.3 Å². The number of pyridine rings is 1. The minimum Gasteiger partial charge on any atom is -0.371 e. The van der Waals surface area contributed by atoms with E-state index in [2.05, 4.69) is 22.4 Å². The molecule has 2 aromatic rings. The molecule has 5 nitrogen and oxygen atoms in total. The zero-order chi connectivity index (χ0) is 18.2. The van der Waals surface area contributed by atoms with E-state index in [0.29, 0.717) is 19.7 Å². The van der Waals surface area contributed by atoms with Crippen LogP contribution in [-0.2, 0) is 22.7 Å². The summed E-state index contributed by atoms with van der Waals surface area (Å²) in [5.74, 6) is 0.0524. The highest BCUT2D eigenvalue weighted by Gasteiger charge is 2.29. The molecular weight excluding hydrogens is 326 g/mol. The van der Waals surface area contributed by atoms with Gasteiger partial charge in [0.15, 0.2) is 0 Å². The first-order valence-corrected chi connectivity index (χ1v) is 9.23. The molecule has 1 aromatic carbocycles. The molecule has 1 amide bonds. The SMILES string of the molecule is CN(CC(=O)N[C@@H]1CCC[C@H]1OCc1ccccc1)Cc1cccnc1. The van der Waals surface area contributed by atoms with Crippen LogP contribution in [0.1, 0.15) is 30.4 Å². The van der Waals surface area contributed by atoms with Crippen molar-refractivity contribution in [3.05, 3.63) is 66.0 Å². The summed E-state index contributed by atoms with van der Waals surface area (Å²) in [4.78, 5) is 18.5. The number of nitrogens with one attached hydrogen (secondary N) is 1. The number of likely N-dealkylation sites (N-methyl/N-ethyl adjacent to an activating group) is 1. The smallest absolute Gasteiger partial charge is 0.234 e. The first-order chi connectivity index (χ1) is 12.7. The summed E-state index contributed by atoms with van der Waals surface area (Å²) in [6.45, 7) is 1.68. The topological polar surface area (TPSA) is 54.5 Å². The van der Waals surface area contributed by atoms with Gasteiger partial charge in [-0.15, -0.1) is 0 Å². The van der Waals surface area contributed by atoms with Crippen LogP contribution in [0.15, 0.2) is 54.9 Å². The first kappa shape index (κ1) is 18.5. The number of carbonyl (C=O) groups is 1. The van der Waals surface area contributed by atoms with Crippen LogP contribution < -0.4 is 5.32 Å². The molecule has 26 heavy (non-hydrogen) atoms. The molecule has 1 aromatic heterocycles. The Bertz CT molecular complexity index is 678. The average molecular weight is 353 g/mol. The van der Waals surface area contributed by atoms with Gasteiger partial charge in [0.25, 0.3) is 0 Å². The first-order valence-electron chi connectivity index (χ1n) is 9.23. The fourth-order valence-corrected chi connectivity index (χ4v) is 3.42. The summed E-state index contributed by atoms with van der Waals surface area (Å²) in [6, 6.07) is 14.2. The molecule has 1 aliphatic rings. The third-order valence-corrected chi connectivity index (χ3v) is 4.69. The van der Waals surface area contributed by atoms with Crippen LogP contribution in [0, 0.1) is 0 Å². The van der Waals surface area contributed by atoms with Crippen LogP contribution >= 0.6 is 0 Å². The Morgan fingerprint density at radius 3 is 2.77 bits per heavy atom. The summed E-state index contributed by atoms with van der Waals surface area (Å²) in [5, 5.41) is 3.16. The Balaban J connectivity index is 1.43. The molecular formula is C21H27N3O2. The summed E-state index contributed by atoms with van der Waals surface area (Å²) in [6.07, 6.45) is 6.77. The van der Waals surface area contributed by atoms with E-state index in [1.807, 2.05) is 48.5 Å². The summed E-state index contributed by atoms with van der Waals surface area (Å²) in [5.41, 5.74) is 2.27. The number of benzene rings is 1. The fraction of sp³-hybridized carbons (Fsp3) is 0.429. The van der Waals surface area contributed by atoms with E-state index in [9.17, 15) is 4.79 Å². The molecule has 1 heterocycles. The number of hydrogen-bond acceptors (Lipinski definition) is 4. The van der Waals surface area contributed by atoms with Gasteiger partial charge in [0.2, 0.25) is 5.91 Å². The van der Waals surface area contributed by atoms with E-state index < -0.39 is 0 Å². The summed E-state index contributed by atoms with van der Waals surface area (Å²) < 4.78 is 6.07. The van der Waals surface area contributed by atoms with E-state index in [0.717, 1.165) is 24.8 Å². The number of amides is 1. The van der Waals surface area contributed by atoms with E-state index in [-0.39, 0.29) is 18.1 Å². The van der Waals surface area contributed by atoms with Crippen LogP contribution in [0.3, 0.4) is 0 Å². The van der Waals surface area contributed by atoms with Gasteiger partial charge < -0.3 is 10.1 Å². The summed E-state index contributed by atoms with van der Waals surface area (Å²) in [7, 11) is 1.95. The Kier molecular flexibility index (Phi) is 6.75. The molecule has 1 aliphatic carbocycles. The lowest BCUT2D eigenvalue weighted by Gasteiger charge is -2.23. The van der Waals surface area contributed by atoms with Crippen LogP contribution in [0.2, 0.25) is 0 Å². The van der Waals surface area contributed by atoms with Crippen LogP contribution in [-0.4, -0.2) is 41.5 Å². The monoisotopic (exact) mass is 353 g/mol. The number of rotatable bonds is 8. The maximum absolute atomic E-state index is 12.4.